The molecule has 2 rings (SSSR count). The Morgan fingerprint density at radius 1 is 1.39 bits per heavy atom. The highest BCUT2D eigenvalue weighted by atomic mass is 32.1. The second-order valence-electron chi connectivity index (χ2n) is 4.66. The average Bonchev–Trinajstić information content (AvgIpc) is 3.01. The zero-order chi connectivity index (χ0) is 16.8. The number of hydrogen-bond donors (Lipinski definition) is 0. The van der Waals surface area contributed by atoms with E-state index < -0.39 is 4.92 Å². The summed E-state index contributed by atoms with van der Waals surface area (Å²) in [4.78, 5) is 14.8. The van der Waals surface area contributed by atoms with Gasteiger partial charge in [-0.1, -0.05) is 0 Å². The number of rotatable bonds is 8. The van der Waals surface area contributed by atoms with Crippen molar-refractivity contribution in [3.05, 3.63) is 44.4 Å². The summed E-state index contributed by atoms with van der Waals surface area (Å²) in [5.74, 6) is 0.753. The molecule has 0 aliphatic rings. The fourth-order valence-electron chi connectivity index (χ4n) is 1.94. The van der Waals surface area contributed by atoms with Gasteiger partial charge in [-0.3, -0.25) is 10.1 Å². The first-order valence-electron chi connectivity index (χ1n) is 7.06. The number of benzene rings is 1. The molecule has 0 N–H and O–H groups in total. The van der Waals surface area contributed by atoms with Crippen LogP contribution in [0.15, 0.2) is 23.6 Å². The molecule has 8 heteroatoms. The zero-order valence-corrected chi connectivity index (χ0v) is 14.0. The smallest absolute Gasteiger partial charge is 0.273 e. The van der Waals surface area contributed by atoms with Gasteiger partial charge >= 0.3 is 0 Å². The normalized spacial score (nSPS) is 12.0. The van der Waals surface area contributed by atoms with Crippen molar-refractivity contribution in [1.29, 1.82) is 0 Å². The molecule has 0 aliphatic heterocycles. The second-order valence-corrected chi connectivity index (χ2v) is 5.55. The van der Waals surface area contributed by atoms with E-state index in [4.69, 9.17) is 14.2 Å². The van der Waals surface area contributed by atoms with Crippen molar-refractivity contribution in [1.82, 2.24) is 4.98 Å². The standard InChI is InChI=1S/C15H18N2O5S/c1-4-21-10(2)15-16-11(9-23-15)8-22-14-7-12(17(18)19)5-6-13(14)20-3/h5-7,9-10H,4,8H2,1-3H3. The fraction of sp³-hybridized carbons (Fsp3) is 0.400. The molecule has 0 amide bonds. The number of thiazole rings is 1. The van der Waals surface area contributed by atoms with Crippen LogP contribution in [0.4, 0.5) is 5.69 Å². The van der Waals surface area contributed by atoms with Gasteiger partial charge in [0.05, 0.1) is 23.8 Å². The fourth-order valence-corrected chi connectivity index (χ4v) is 2.75. The molecule has 0 spiro atoms. The first kappa shape index (κ1) is 17.2. The van der Waals surface area contributed by atoms with E-state index >= 15 is 0 Å². The van der Waals surface area contributed by atoms with E-state index in [1.807, 2.05) is 19.2 Å². The van der Waals surface area contributed by atoms with Gasteiger partial charge in [0, 0.05) is 18.1 Å². The molecule has 2 aromatic rings. The Balaban J connectivity index is 2.08. The maximum atomic E-state index is 10.9. The Morgan fingerprint density at radius 3 is 2.83 bits per heavy atom. The largest absolute Gasteiger partial charge is 0.493 e. The van der Waals surface area contributed by atoms with Crippen molar-refractivity contribution in [3.63, 3.8) is 0 Å². The third-order valence-corrected chi connectivity index (χ3v) is 4.12. The van der Waals surface area contributed by atoms with E-state index in [0.717, 1.165) is 10.7 Å². The van der Waals surface area contributed by atoms with Crippen LogP contribution in [0.1, 0.15) is 30.7 Å². The molecular weight excluding hydrogens is 320 g/mol. The lowest BCUT2D eigenvalue weighted by Crippen LogP contribution is -2.01. The second kappa shape index (κ2) is 7.89. The van der Waals surface area contributed by atoms with Crippen molar-refractivity contribution >= 4 is 17.0 Å². The molecule has 124 valence electrons. The van der Waals surface area contributed by atoms with Gasteiger partial charge in [0.15, 0.2) is 11.5 Å². The molecule has 0 bridgehead atoms. The van der Waals surface area contributed by atoms with E-state index in [0.29, 0.717) is 18.1 Å². The van der Waals surface area contributed by atoms with E-state index in [1.54, 1.807) is 0 Å². The third kappa shape index (κ3) is 4.40. The summed E-state index contributed by atoms with van der Waals surface area (Å²) in [6, 6.07) is 4.22. The highest BCUT2D eigenvalue weighted by Gasteiger charge is 2.14. The van der Waals surface area contributed by atoms with Gasteiger partial charge in [0.2, 0.25) is 0 Å². The summed E-state index contributed by atoms with van der Waals surface area (Å²) in [6.07, 6.45) is -0.0638. The number of non-ortho nitro benzene ring substituents is 1. The minimum atomic E-state index is -0.475. The number of ether oxygens (including phenoxy) is 3. The maximum absolute atomic E-state index is 10.9. The summed E-state index contributed by atoms with van der Waals surface area (Å²) >= 11 is 1.50. The van der Waals surface area contributed by atoms with Crippen molar-refractivity contribution in [2.75, 3.05) is 13.7 Å². The Labute approximate surface area is 138 Å². The minimum absolute atomic E-state index is 0.0512. The van der Waals surface area contributed by atoms with Crippen molar-refractivity contribution < 1.29 is 19.1 Å². The molecular formula is C15H18N2O5S. The Kier molecular flexibility index (Phi) is 5.89. The summed E-state index contributed by atoms with van der Waals surface area (Å²) < 4.78 is 16.3. The number of nitrogens with zero attached hydrogens (tertiary/aromatic N) is 2. The van der Waals surface area contributed by atoms with Crippen molar-refractivity contribution in [2.45, 2.75) is 26.6 Å². The molecule has 1 aromatic carbocycles. The number of hydrogen-bond acceptors (Lipinski definition) is 7. The first-order valence-corrected chi connectivity index (χ1v) is 7.94. The Bertz CT molecular complexity index is 674. The first-order chi connectivity index (χ1) is 11.0. The van der Waals surface area contributed by atoms with Gasteiger partial charge in [-0.2, -0.15) is 0 Å². The van der Waals surface area contributed by atoms with E-state index in [2.05, 4.69) is 4.98 Å². The van der Waals surface area contributed by atoms with Crippen LogP contribution in [0.2, 0.25) is 0 Å². The summed E-state index contributed by atoms with van der Waals surface area (Å²) in [5.41, 5.74) is 0.690. The van der Waals surface area contributed by atoms with Gasteiger partial charge in [-0.25, -0.2) is 4.98 Å². The summed E-state index contributed by atoms with van der Waals surface area (Å²) in [6.45, 7) is 4.70. The van der Waals surface area contributed by atoms with E-state index in [-0.39, 0.29) is 18.4 Å². The molecule has 7 nitrogen and oxygen atoms in total. The molecule has 0 fully saturated rings. The lowest BCUT2D eigenvalue weighted by Gasteiger charge is -2.09. The Hall–Kier alpha value is -2.19. The lowest BCUT2D eigenvalue weighted by atomic mass is 10.3. The maximum Gasteiger partial charge on any atom is 0.273 e. The number of aromatic nitrogens is 1. The van der Waals surface area contributed by atoms with Crippen LogP contribution < -0.4 is 9.47 Å². The predicted octanol–water partition coefficient (Wildman–Crippen LogP) is 3.74. The van der Waals surface area contributed by atoms with Crippen LogP contribution in [-0.2, 0) is 11.3 Å². The predicted molar refractivity (Wildman–Crippen MR) is 86.1 cm³/mol. The zero-order valence-electron chi connectivity index (χ0n) is 13.1. The summed E-state index contributed by atoms with van der Waals surface area (Å²) in [5, 5.41) is 13.6. The summed E-state index contributed by atoms with van der Waals surface area (Å²) in [7, 11) is 1.48. The van der Waals surface area contributed by atoms with Crippen molar-refractivity contribution in [3.8, 4) is 11.5 Å². The molecule has 1 unspecified atom stereocenters. The molecule has 23 heavy (non-hydrogen) atoms. The van der Waals surface area contributed by atoms with Crippen LogP contribution in [0, 0.1) is 10.1 Å². The van der Waals surface area contributed by atoms with Gasteiger partial charge in [0.25, 0.3) is 5.69 Å². The minimum Gasteiger partial charge on any atom is -0.493 e. The van der Waals surface area contributed by atoms with Crippen LogP contribution in [0.3, 0.4) is 0 Å². The monoisotopic (exact) mass is 338 g/mol. The van der Waals surface area contributed by atoms with Crippen molar-refractivity contribution in [2.24, 2.45) is 0 Å². The molecule has 1 aromatic heterocycles. The van der Waals surface area contributed by atoms with Crippen LogP contribution >= 0.6 is 11.3 Å². The number of methoxy groups -OCH3 is 1. The van der Waals surface area contributed by atoms with Crippen LogP contribution in [-0.4, -0.2) is 23.6 Å². The molecule has 1 heterocycles. The average molecular weight is 338 g/mol. The third-order valence-electron chi connectivity index (χ3n) is 3.07. The van der Waals surface area contributed by atoms with Gasteiger partial charge in [0.1, 0.15) is 17.7 Å². The van der Waals surface area contributed by atoms with Gasteiger partial charge in [-0.05, 0) is 19.9 Å². The number of nitro groups is 1. The van der Waals surface area contributed by atoms with Crippen LogP contribution in [0.5, 0.6) is 11.5 Å². The number of nitro benzene ring substituents is 1. The lowest BCUT2D eigenvalue weighted by molar-refractivity contribution is -0.385. The molecule has 0 radical (unpaired) electrons. The molecule has 1 atom stereocenters. The van der Waals surface area contributed by atoms with Crippen LogP contribution in [0.25, 0.3) is 0 Å². The SMILES string of the molecule is CCOC(C)c1nc(COc2cc([N+](=O)[O-])ccc2OC)cs1. The molecule has 0 saturated carbocycles. The Morgan fingerprint density at radius 2 is 2.17 bits per heavy atom. The quantitative estimate of drug-likeness (QED) is 0.538. The topological polar surface area (TPSA) is 83.7 Å². The highest BCUT2D eigenvalue weighted by molar-refractivity contribution is 7.09. The highest BCUT2D eigenvalue weighted by Crippen LogP contribution is 2.32. The van der Waals surface area contributed by atoms with Gasteiger partial charge in [-0.15, -0.1) is 11.3 Å². The van der Waals surface area contributed by atoms with E-state index in [1.165, 1.54) is 36.6 Å². The molecule has 0 aliphatic carbocycles. The van der Waals surface area contributed by atoms with Gasteiger partial charge < -0.3 is 14.2 Å². The molecule has 0 saturated heterocycles. The van der Waals surface area contributed by atoms with E-state index in [9.17, 15) is 10.1 Å².